The molecule has 2 aromatic carbocycles. The molecule has 1 atom stereocenters. The van der Waals surface area contributed by atoms with Crippen molar-refractivity contribution >= 4 is 11.8 Å². The normalized spacial score (nSPS) is 18.5. The van der Waals surface area contributed by atoms with E-state index in [0.29, 0.717) is 18.5 Å². The van der Waals surface area contributed by atoms with Crippen molar-refractivity contribution in [2.45, 2.75) is 38.3 Å². The highest BCUT2D eigenvalue weighted by molar-refractivity contribution is 5.94. The van der Waals surface area contributed by atoms with E-state index >= 15 is 0 Å². The second-order valence-electron chi connectivity index (χ2n) is 7.19. The number of fused-ring (bicyclic) bond motifs is 1. The third-order valence-electron chi connectivity index (χ3n) is 5.25. The van der Waals surface area contributed by atoms with Crippen LogP contribution in [0.3, 0.4) is 0 Å². The molecule has 0 aromatic heterocycles. The number of carbonyl (C=O) groups is 2. The van der Waals surface area contributed by atoms with Gasteiger partial charge in [-0.05, 0) is 48.6 Å². The third kappa shape index (κ3) is 3.97. The maximum absolute atomic E-state index is 12.5. The van der Waals surface area contributed by atoms with Crippen LogP contribution >= 0.6 is 0 Å². The number of carbonyl (C=O) groups excluding carboxylic acids is 2. The number of likely N-dealkylation sites (tertiary alicyclic amines) is 1. The monoisotopic (exact) mass is 364 g/mol. The summed E-state index contributed by atoms with van der Waals surface area (Å²) in [5, 5.41) is 2.93. The molecular formula is C22H24N2O3. The van der Waals surface area contributed by atoms with Gasteiger partial charge in [-0.2, -0.15) is 0 Å². The predicted octanol–water partition coefficient (Wildman–Crippen LogP) is 2.93. The highest BCUT2D eigenvalue weighted by Crippen LogP contribution is 2.28. The Balaban J connectivity index is 1.30. The largest absolute Gasteiger partial charge is 0.480 e. The molecule has 2 aliphatic rings. The van der Waals surface area contributed by atoms with Crippen LogP contribution in [-0.2, 0) is 17.8 Å². The lowest BCUT2D eigenvalue weighted by molar-refractivity contribution is -0.127. The van der Waals surface area contributed by atoms with Crippen molar-refractivity contribution in [3.63, 3.8) is 0 Å². The van der Waals surface area contributed by atoms with Crippen LogP contribution < -0.4 is 10.1 Å². The lowest BCUT2D eigenvalue weighted by atomic mass is 10.1. The van der Waals surface area contributed by atoms with Crippen LogP contribution in [0.1, 0.15) is 40.7 Å². The van der Waals surface area contributed by atoms with Crippen molar-refractivity contribution in [1.29, 1.82) is 0 Å². The number of nitrogens with zero attached hydrogens (tertiary/aromatic N) is 1. The van der Waals surface area contributed by atoms with Gasteiger partial charge in [0.25, 0.3) is 11.8 Å². The van der Waals surface area contributed by atoms with E-state index in [4.69, 9.17) is 4.74 Å². The Morgan fingerprint density at radius 3 is 2.48 bits per heavy atom. The smallest absolute Gasteiger partial charge is 0.261 e. The molecule has 2 aliphatic heterocycles. The van der Waals surface area contributed by atoms with Crippen molar-refractivity contribution in [3.8, 4) is 5.75 Å². The van der Waals surface area contributed by atoms with Crippen molar-refractivity contribution < 1.29 is 14.3 Å². The van der Waals surface area contributed by atoms with E-state index in [0.717, 1.165) is 42.8 Å². The van der Waals surface area contributed by atoms with Gasteiger partial charge in [-0.25, -0.2) is 0 Å². The van der Waals surface area contributed by atoms with E-state index in [-0.39, 0.29) is 11.8 Å². The van der Waals surface area contributed by atoms with Crippen LogP contribution in [-0.4, -0.2) is 35.9 Å². The van der Waals surface area contributed by atoms with Crippen LogP contribution in [0, 0.1) is 0 Å². The first-order chi connectivity index (χ1) is 13.2. The number of ether oxygens (including phenoxy) is 1. The molecule has 1 N–H and O–H groups in total. The molecule has 5 nitrogen and oxygen atoms in total. The van der Waals surface area contributed by atoms with Gasteiger partial charge in [0.1, 0.15) is 5.75 Å². The van der Waals surface area contributed by atoms with E-state index in [9.17, 15) is 9.59 Å². The van der Waals surface area contributed by atoms with Gasteiger partial charge in [-0.1, -0.05) is 30.3 Å². The molecule has 0 radical (unpaired) electrons. The number of rotatable bonds is 4. The molecule has 0 spiro atoms. The minimum Gasteiger partial charge on any atom is -0.480 e. The highest BCUT2D eigenvalue weighted by atomic mass is 16.5. The standard InChI is InChI=1S/C22H24N2O3/c25-21(20-14-18-6-2-3-7-19(18)27-20)23-15-16-8-10-17(11-9-16)22(26)24-12-4-1-5-13-24/h2-3,6-11,20H,1,4-5,12-15H2,(H,23,25). The van der Waals surface area contributed by atoms with Crippen molar-refractivity contribution in [2.75, 3.05) is 13.1 Å². The molecule has 0 bridgehead atoms. The molecule has 2 amide bonds. The Kier molecular flexibility index (Phi) is 5.10. The fraction of sp³-hybridized carbons (Fsp3) is 0.364. The van der Waals surface area contributed by atoms with Gasteiger partial charge in [0.15, 0.2) is 6.10 Å². The second-order valence-corrected chi connectivity index (χ2v) is 7.19. The molecule has 1 fully saturated rings. The van der Waals surface area contributed by atoms with Gasteiger partial charge in [-0.3, -0.25) is 9.59 Å². The van der Waals surface area contributed by atoms with E-state index in [1.165, 1.54) is 6.42 Å². The number of para-hydroxylation sites is 1. The predicted molar refractivity (Wildman–Crippen MR) is 103 cm³/mol. The van der Waals surface area contributed by atoms with Gasteiger partial charge in [0.05, 0.1) is 0 Å². The highest BCUT2D eigenvalue weighted by Gasteiger charge is 2.28. The molecule has 2 aromatic rings. The first-order valence-electron chi connectivity index (χ1n) is 9.61. The summed E-state index contributed by atoms with van der Waals surface area (Å²) in [6.45, 7) is 2.12. The quantitative estimate of drug-likeness (QED) is 0.907. The zero-order valence-electron chi connectivity index (χ0n) is 15.3. The average molecular weight is 364 g/mol. The summed E-state index contributed by atoms with van der Waals surface area (Å²) in [6, 6.07) is 15.2. The second kappa shape index (κ2) is 7.82. The molecule has 0 saturated carbocycles. The number of hydrogen-bond acceptors (Lipinski definition) is 3. The summed E-state index contributed by atoms with van der Waals surface area (Å²) in [7, 11) is 0. The fourth-order valence-electron chi connectivity index (χ4n) is 3.68. The average Bonchev–Trinajstić information content (AvgIpc) is 3.17. The molecule has 27 heavy (non-hydrogen) atoms. The molecule has 1 unspecified atom stereocenters. The van der Waals surface area contributed by atoms with E-state index < -0.39 is 6.10 Å². The van der Waals surface area contributed by atoms with Gasteiger partial charge in [0, 0.05) is 31.6 Å². The fourth-order valence-corrected chi connectivity index (χ4v) is 3.68. The lowest BCUT2D eigenvalue weighted by Crippen LogP contribution is -2.37. The molecule has 140 valence electrons. The summed E-state index contributed by atoms with van der Waals surface area (Å²) < 4.78 is 5.71. The van der Waals surface area contributed by atoms with Crippen molar-refractivity contribution in [1.82, 2.24) is 10.2 Å². The van der Waals surface area contributed by atoms with E-state index in [1.807, 2.05) is 53.4 Å². The topological polar surface area (TPSA) is 58.6 Å². The number of amides is 2. The Hall–Kier alpha value is -2.82. The van der Waals surface area contributed by atoms with Crippen LogP contribution in [0.2, 0.25) is 0 Å². The maximum Gasteiger partial charge on any atom is 0.261 e. The van der Waals surface area contributed by atoms with E-state index in [1.54, 1.807) is 0 Å². The zero-order chi connectivity index (χ0) is 18.6. The van der Waals surface area contributed by atoms with Gasteiger partial charge >= 0.3 is 0 Å². The van der Waals surface area contributed by atoms with Gasteiger partial charge in [0.2, 0.25) is 0 Å². The molecular weight excluding hydrogens is 340 g/mol. The Morgan fingerprint density at radius 1 is 1.00 bits per heavy atom. The summed E-state index contributed by atoms with van der Waals surface area (Å²) in [5.74, 6) is 0.778. The first kappa shape index (κ1) is 17.6. The maximum atomic E-state index is 12.5. The summed E-state index contributed by atoms with van der Waals surface area (Å²) in [4.78, 5) is 26.8. The van der Waals surface area contributed by atoms with Crippen LogP contribution in [0.5, 0.6) is 5.75 Å². The Bertz CT molecular complexity index is 801. The number of hydrogen-bond donors (Lipinski definition) is 1. The van der Waals surface area contributed by atoms with Crippen molar-refractivity contribution in [3.05, 3.63) is 65.2 Å². The summed E-state index contributed by atoms with van der Waals surface area (Å²) in [5.41, 5.74) is 2.74. The minimum atomic E-state index is -0.470. The molecule has 0 aliphatic carbocycles. The number of nitrogens with one attached hydrogen (secondary N) is 1. The molecule has 4 rings (SSSR count). The Labute approximate surface area is 159 Å². The SMILES string of the molecule is O=C(NCc1ccc(C(=O)N2CCCCC2)cc1)C1Cc2ccccc2O1. The number of benzene rings is 2. The minimum absolute atomic E-state index is 0.0994. The molecule has 5 heteroatoms. The van der Waals surface area contributed by atoms with Crippen LogP contribution in [0.25, 0.3) is 0 Å². The Morgan fingerprint density at radius 2 is 1.74 bits per heavy atom. The third-order valence-corrected chi connectivity index (χ3v) is 5.25. The molecule has 2 heterocycles. The van der Waals surface area contributed by atoms with Gasteiger partial charge < -0.3 is 15.0 Å². The summed E-state index contributed by atoms with van der Waals surface area (Å²) in [6.07, 6.45) is 3.51. The lowest BCUT2D eigenvalue weighted by Gasteiger charge is -2.26. The van der Waals surface area contributed by atoms with Crippen LogP contribution in [0.15, 0.2) is 48.5 Å². The zero-order valence-corrected chi connectivity index (χ0v) is 15.3. The first-order valence-corrected chi connectivity index (χ1v) is 9.61. The van der Waals surface area contributed by atoms with E-state index in [2.05, 4.69) is 5.32 Å². The van der Waals surface area contributed by atoms with Crippen LogP contribution in [0.4, 0.5) is 0 Å². The number of piperidine rings is 1. The van der Waals surface area contributed by atoms with Crippen molar-refractivity contribution in [2.24, 2.45) is 0 Å². The summed E-state index contributed by atoms with van der Waals surface area (Å²) >= 11 is 0. The van der Waals surface area contributed by atoms with Gasteiger partial charge in [-0.15, -0.1) is 0 Å². The molecule has 1 saturated heterocycles.